The average Bonchev–Trinajstić information content (AvgIpc) is 3.12. The Labute approximate surface area is 211 Å². The summed E-state index contributed by atoms with van der Waals surface area (Å²) in [5.41, 5.74) is 10.7. The van der Waals surface area contributed by atoms with Crippen LogP contribution in [0.3, 0.4) is 0 Å². The van der Waals surface area contributed by atoms with Crippen LogP contribution >= 0.6 is 11.6 Å². The Hall–Kier alpha value is -3.56. The quantitative estimate of drug-likeness (QED) is 0.392. The van der Waals surface area contributed by atoms with E-state index in [1.54, 1.807) is 12.3 Å². The number of rotatable bonds is 4. The number of carbonyl (C=O) groups excluding carboxylic acids is 1. The molecule has 4 heterocycles. The third-order valence-electron chi connectivity index (χ3n) is 8.24. The number of aromatic amines is 1. The Morgan fingerprint density at radius 1 is 1.22 bits per heavy atom. The number of nitrogens with one attached hydrogen (secondary N) is 2. The van der Waals surface area contributed by atoms with Gasteiger partial charge in [0.2, 0.25) is 11.6 Å². The fourth-order valence-corrected chi connectivity index (χ4v) is 6.75. The summed E-state index contributed by atoms with van der Waals surface area (Å²) in [6.45, 7) is 1.96. The summed E-state index contributed by atoms with van der Waals surface area (Å²) in [5.74, 6) is 1.12. The summed E-state index contributed by atoms with van der Waals surface area (Å²) < 4.78 is 14.7. The number of nitrogens with zero attached hydrogens (tertiary/aromatic N) is 4. The highest BCUT2D eigenvalue weighted by atomic mass is 35.5. The van der Waals surface area contributed by atoms with Crippen molar-refractivity contribution in [1.82, 2.24) is 20.2 Å². The van der Waals surface area contributed by atoms with Gasteiger partial charge in [-0.15, -0.1) is 0 Å². The van der Waals surface area contributed by atoms with Crippen LogP contribution in [0.15, 0.2) is 42.6 Å². The summed E-state index contributed by atoms with van der Waals surface area (Å²) in [6, 6.07) is 10.7. The fraction of sp³-hybridized carbons (Fsp3) is 0.308. The lowest BCUT2D eigenvalue weighted by atomic mass is 9.91. The van der Waals surface area contributed by atoms with Crippen molar-refractivity contribution in [2.24, 2.45) is 17.6 Å². The van der Waals surface area contributed by atoms with Crippen LogP contribution in [0.5, 0.6) is 0 Å². The van der Waals surface area contributed by atoms with Gasteiger partial charge in [0.25, 0.3) is 0 Å². The number of nitrogens with two attached hydrogens (primary N) is 1. The standard InChI is InChI=1S/C26H23ClFN7O/c27-22-13(5-6-19-14(22)9-21(36)31-19)23-24-25(34-33-23)32-20(10-30-24)35-8-7-15-17(11-35)26(15,12-29)16-3-1-2-4-18(16)28/h1-6,10,15,17H,7-9,11-12,29H2,(H,31,36)(H,32,33,34)/t15-,17+,26-/m1/s1. The first kappa shape index (κ1) is 21.7. The van der Waals surface area contributed by atoms with Crippen molar-refractivity contribution in [3.05, 3.63) is 64.6 Å². The molecular formula is C26H23ClFN7O. The number of H-pyrrole nitrogens is 1. The average molecular weight is 504 g/mol. The minimum Gasteiger partial charge on any atom is -0.355 e. The zero-order chi connectivity index (χ0) is 24.6. The summed E-state index contributed by atoms with van der Waals surface area (Å²) in [5, 5.41) is 10.7. The zero-order valence-electron chi connectivity index (χ0n) is 19.3. The third kappa shape index (κ3) is 2.96. The van der Waals surface area contributed by atoms with E-state index in [1.807, 2.05) is 24.3 Å². The van der Waals surface area contributed by atoms with E-state index in [0.717, 1.165) is 47.7 Å². The number of amides is 1. The number of halogens is 2. The number of aromatic nitrogens is 4. The van der Waals surface area contributed by atoms with E-state index < -0.39 is 0 Å². The largest absolute Gasteiger partial charge is 0.355 e. The van der Waals surface area contributed by atoms with Crippen LogP contribution in [0.1, 0.15) is 17.5 Å². The molecule has 0 radical (unpaired) electrons. The zero-order valence-corrected chi connectivity index (χ0v) is 20.0. The van der Waals surface area contributed by atoms with Gasteiger partial charge in [-0.05, 0) is 42.0 Å². The van der Waals surface area contributed by atoms with Crippen molar-refractivity contribution >= 4 is 40.2 Å². The molecule has 3 atom stereocenters. The van der Waals surface area contributed by atoms with Crippen molar-refractivity contribution in [2.75, 3.05) is 29.9 Å². The molecule has 3 aliphatic rings. The second-order valence-electron chi connectivity index (χ2n) is 9.85. The molecule has 4 N–H and O–H groups in total. The topological polar surface area (TPSA) is 113 Å². The van der Waals surface area contributed by atoms with Gasteiger partial charge < -0.3 is 16.0 Å². The Morgan fingerprint density at radius 2 is 2.08 bits per heavy atom. The molecular weight excluding hydrogens is 481 g/mol. The molecule has 1 saturated carbocycles. The predicted molar refractivity (Wildman–Crippen MR) is 135 cm³/mol. The molecule has 4 aromatic rings. The second kappa shape index (κ2) is 7.72. The summed E-state index contributed by atoms with van der Waals surface area (Å²) in [4.78, 5) is 23.5. The molecule has 1 saturated heterocycles. The monoisotopic (exact) mass is 503 g/mol. The first-order valence-corrected chi connectivity index (χ1v) is 12.4. The van der Waals surface area contributed by atoms with Crippen LogP contribution in [-0.4, -0.2) is 45.7 Å². The van der Waals surface area contributed by atoms with E-state index in [9.17, 15) is 9.18 Å². The number of carbonyl (C=O) groups is 1. The molecule has 7 rings (SSSR count). The first-order chi connectivity index (χ1) is 17.5. The smallest absolute Gasteiger partial charge is 0.228 e. The highest BCUT2D eigenvalue weighted by molar-refractivity contribution is 6.35. The van der Waals surface area contributed by atoms with Crippen molar-refractivity contribution in [3.63, 3.8) is 0 Å². The molecule has 2 fully saturated rings. The second-order valence-corrected chi connectivity index (χ2v) is 10.2. The normalized spacial score (nSPS) is 24.5. The minimum atomic E-state index is -0.322. The van der Waals surface area contributed by atoms with Gasteiger partial charge in [0, 0.05) is 41.9 Å². The molecule has 36 heavy (non-hydrogen) atoms. The first-order valence-electron chi connectivity index (χ1n) is 12.0. The van der Waals surface area contributed by atoms with Gasteiger partial charge in [0.05, 0.1) is 23.3 Å². The molecule has 1 aliphatic carbocycles. The highest BCUT2D eigenvalue weighted by Gasteiger charge is 2.66. The van der Waals surface area contributed by atoms with E-state index in [-0.39, 0.29) is 29.5 Å². The summed E-state index contributed by atoms with van der Waals surface area (Å²) in [7, 11) is 0. The van der Waals surface area contributed by atoms with Crippen LogP contribution < -0.4 is 16.0 Å². The SMILES string of the molecule is NC[C@]1(c2ccccc2F)[C@@H]2CCN(c3cnc4c(-c5ccc6c(c5Cl)CC(=O)N6)[nH]nc4n3)C[C@@H]21. The lowest BCUT2D eigenvalue weighted by Crippen LogP contribution is -2.32. The van der Waals surface area contributed by atoms with E-state index in [2.05, 4.69) is 25.4 Å². The van der Waals surface area contributed by atoms with Crippen LogP contribution in [0.25, 0.3) is 22.4 Å². The molecule has 0 bridgehead atoms. The van der Waals surface area contributed by atoms with Crippen molar-refractivity contribution in [1.29, 1.82) is 0 Å². The molecule has 2 aromatic heterocycles. The Morgan fingerprint density at radius 3 is 2.92 bits per heavy atom. The van der Waals surface area contributed by atoms with E-state index in [0.29, 0.717) is 34.3 Å². The maximum Gasteiger partial charge on any atom is 0.228 e. The van der Waals surface area contributed by atoms with Gasteiger partial charge in [-0.3, -0.25) is 9.89 Å². The molecule has 2 aromatic carbocycles. The van der Waals surface area contributed by atoms with Crippen LogP contribution in [0, 0.1) is 17.7 Å². The Bertz CT molecular complexity index is 1550. The molecule has 0 unspecified atom stereocenters. The predicted octanol–water partition coefficient (Wildman–Crippen LogP) is 3.66. The lowest BCUT2D eigenvalue weighted by Gasteiger charge is -2.26. The third-order valence-corrected chi connectivity index (χ3v) is 8.67. The number of hydrogen-bond acceptors (Lipinski definition) is 6. The van der Waals surface area contributed by atoms with E-state index in [4.69, 9.17) is 22.3 Å². The number of fused-ring (bicyclic) bond motifs is 3. The molecule has 1 amide bonds. The number of hydrogen-bond donors (Lipinski definition) is 3. The number of benzene rings is 2. The van der Waals surface area contributed by atoms with Gasteiger partial charge in [0.15, 0.2) is 0 Å². The summed E-state index contributed by atoms with van der Waals surface area (Å²) in [6.07, 6.45) is 2.92. The molecule has 2 aliphatic heterocycles. The van der Waals surface area contributed by atoms with Gasteiger partial charge in [0.1, 0.15) is 17.2 Å². The van der Waals surface area contributed by atoms with Gasteiger partial charge in [-0.1, -0.05) is 29.8 Å². The Balaban J connectivity index is 1.18. The molecule has 10 heteroatoms. The molecule has 8 nitrogen and oxygen atoms in total. The van der Waals surface area contributed by atoms with E-state index in [1.165, 1.54) is 6.07 Å². The maximum absolute atomic E-state index is 14.7. The van der Waals surface area contributed by atoms with Crippen LogP contribution in [0.4, 0.5) is 15.9 Å². The maximum atomic E-state index is 14.7. The highest BCUT2D eigenvalue weighted by Crippen LogP contribution is 2.63. The van der Waals surface area contributed by atoms with Crippen LogP contribution in [0.2, 0.25) is 5.02 Å². The van der Waals surface area contributed by atoms with Gasteiger partial charge >= 0.3 is 0 Å². The van der Waals surface area contributed by atoms with Gasteiger partial charge in [-0.25, -0.2) is 14.4 Å². The fourth-order valence-electron chi connectivity index (χ4n) is 6.42. The molecule has 0 spiro atoms. The van der Waals surface area contributed by atoms with Crippen LogP contribution in [-0.2, 0) is 16.6 Å². The summed E-state index contributed by atoms with van der Waals surface area (Å²) >= 11 is 6.65. The van der Waals surface area contributed by atoms with Crippen molar-refractivity contribution in [2.45, 2.75) is 18.3 Å². The number of piperidine rings is 1. The van der Waals surface area contributed by atoms with Crippen molar-refractivity contribution < 1.29 is 9.18 Å². The molecule has 182 valence electrons. The van der Waals surface area contributed by atoms with Crippen molar-refractivity contribution in [3.8, 4) is 11.3 Å². The van der Waals surface area contributed by atoms with Gasteiger partial charge in [-0.2, -0.15) is 5.10 Å². The number of anilines is 2. The Kier molecular flexibility index (Phi) is 4.65. The lowest BCUT2D eigenvalue weighted by molar-refractivity contribution is -0.115. The minimum absolute atomic E-state index is 0.0731. The van der Waals surface area contributed by atoms with E-state index >= 15 is 0 Å².